The molecule has 0 radical (unpaired) electrons. The van der Waals surface area contributed by atoms with Crippen LogP contribution in [0.25, 0.3) is 0 Å². The maximum Gasteiger partial charge on any atom is 0.251 e. The second kappa shape index (κ2) is 8.73. The molecule has 0 saturated heterocycles. The molecule has 2 N–H and O–H groups in total. The highest BCUT2D eigenvalue weighted by molar-refractivity contribution is 5.96. The number of likely N-dealkylation sites (N-methyl/N-ethyl adjacent to an activating group) is 1. The molecular formula is C15H21N3O3. The number of hydrogen-bond acceptors (Lipinski definition) is 3. The van der Waals surface area contributed by atoms with Gasteiger partial charge in [0.1, 0.15) is 0 Å². The lowest BCUT2D eigenvalue weighted by molar-refractivity contribution is -0.133. The lowest BCUT2D eigenvalue weighted by atomic mass is 10.2. The minimum absolute atomic E-state index is 0.0138. The maximum absolute atomic E-state index is 11.8. The summed E-state index contributed by atoms with van der Waals surface area (Å²) in [5.41, 5.74) is 0.494. The van der Waals surface area contributed by atoms with Gasteiger partial charge in [-0.05, 0) is 18.6 Å². The molecule has 0 heterocycles. The monoisotopic (exact) mass is 291 g/mol. The molecule has 1 aromatic rings. The first-order valence-electron chi connectivity index (χ1n) is 6.88. The summed E-state index contributed by atoms with van der Waals surface area (Å²) < 4.78 is 0. The molecule has 0 atom stereocenters. The highest BCUT2D eigenvalue weighted by Gasteiger charge is 2.14. The quantitative estimate of drug-likeness (QED) is 0.763. The lowest BCUT2D eigenvalue weighted by Crippen LogP contribution is -2.43. The summed E-state index contributed by atoms with van der Waals surface area (Å²) in [4.78, 5) is 36.4. The Labute approximate surface area is 124 Å². The van der Waals surface area contributed by atoms with Gasteiger partial charge in [0.15, 0.2) is 0 Å². The van der Waals surface area contributed by atoms with E-state index in [0.717, 1.165) is 6.42 Å². The van der Waals surface area contributed by atoms with Gasteiger partial charge in [0.05, 0.1) is 13.1 Å². The molecule has 6 nitrogen and oxygen atoms in total. The van der Waals surface area contributed by atoms with Crippen molar-refractivity contribution in [2.45, 2.75) is 13.3 Å². The number of amides is 3. The van der Waals surface area contributed by atoms with Gasteiger partial charge < -0.3 is 15.5 Å². The van der Waals surface area contributed by atoms with Crippen LogP contribution in [0.5, 0.6) is 0 Å². The maximum atomic E-state index is 11.8. The molecule has 114 valence electrons. The van der Waals surface area contributed by atoms with E-state index in [-0.39, 0.29) is 30.8 Å². The van der Waals surface area contributed by atoms with Crippen LogP contribution < -0.4 is 10.6 Å². The summed E-state index contributed by atoms with van der Waals surface area (Å²) in [6, 6.07) is 8.65. The van der Waals surface area contributed by atoms with Gasteiger partial charge in [-0.1, -0.05) is 25.1 Å². The summed E-state index contributed by atoms with van der Waals surface area (Å²) >= 11 is 0. The number of hydrogen-bond donors (Lipinski definition) is 2. The van der Waals surface area contributed by atoms with Crippen molar-refractivity contribution in [3.8, 4) is 0 Å². The van der Waals surface area contributed by atoms with Gasteiger partial charge in [0.25, 0.3) is 5.91 Å². The first-order valence-corrected chi connectivity index (χ1v) is 6.88. The average molecular weight is 291 g/mol. The Hall–Kier alpha value is -2.37. The minimum Gasteiger partial charge on any atom is -0.355 e. The normalized spacial score (nSPS) is 9.81. The second-order valence-corrected chi connectivity index (χ2v) is 4.65. The van der Waals surface area contributed by atoms with E-state index in [9.17, 15) is 14.4 Å². The molecule has 0 spiro atoms. The van der Waals surface area contributed by atoms with E-state index in [4.69, 9.17) is 0 Å². The third-order valence-electron chi connectivity index (χ3n) is 2.81. The molecule has 6 heteroatoms. The number of rotatable bonds is 7. The number of nitrogens with zero attached hydrogens (tertiary/aromatic N) is 1. The van der Waals surface area contributed by atoms with Crippen molar-refractivity contribution in [3.05, 3.63) is 35.9 Å². The van der Waals surface area contributed by atoms with Gasteiger partial charge in [-0.3, -0.25) is 14.4 Å². The Morgan fingerprint density at radius 2 is 1.76 bits per heavy atom. The van der Waals surface area contributed by atoms with E-state index < -0.39 is 0 Å². The Morgan fingerprint density at radius 3 is 2.38 bits per heavy atom. The minimum atomic E-state index is -0.314. The standard InChI is InChI=1S/C15H21N3O3/c1-3-9-16-13(19)11-18(2)14(20)10-17-15(21)12-7-5-4-6-8-12/h4-8H,3,9-11H2,1-2H3,(H,16,19)(H,17,21). The van der Waals surface area contributed by atoms with E-state index in [1.54, 1.807) is 24.3 Å². The van der Waals surface area contributed by atoms with Gasteiger partial charge in [-0.2, -0.15) is 0 Å². The number of benzene rings is 1. The van der Waals surface area contributed by atoms with Crippen LogP contribution in [0.1, 0.15) is 23.7 Å². The molecular weight excluding hydrogens is 270 g/mol. The molecule has 0 aliphatic carbocycles. The Bertz CT molecular complexity index is 488. The van der Waals surface area contributed by atoms with Crippen molar-refractivity contribution in [1.29, 1.82) is 0 Å². The molecule has 0 bridgehead atoms. The average Bonchev–Trinajstić information content (AvgIpc) is 2.50. The molecule has 0 aliphatic heterocycles. The third kappa shape index (κ3) is 6.07. The lowest BCUT2D eigenvalue weighted by Gasteiger charge is -2.17. The van der Waals surface area contributed by atoms with Crippen LogP contribution in [0, 0.1) is 0 Å². The van der Waals surface area contributed by atoms with Crippen LogP contribution in [0.4, 0.5) is 0 Å². The largest absolute Gasteiger partial charge is 0.355 e. The summed E-state index contributed by atoms with van der Waals surface area (Å²) in [6.07, 6.45) is 0.844. The van der Waals surface area contributed by atoms with Crippen LogP contribution in [-0.4, -0.2) is 49.3 Å². The molecule has 1 rings (SSSR count). The van der Waals surface area contributed by atoms with E-state index in [1.165, 1.54) is 11.9 Å². The highest BCUT2D eigenvalue weighted by Crippen LogP contribution is 1.97. The number of carbonyl (C=O) groups excluding carboxylic acids is 3. The Balaban J connectivity index is 2.36. The van der Waals surface area contributed by atoms with E-state index in [0.29, 0.717) is 12.1 Å². The van der Waals surface area contributed by atoms with Crippen molar-refractivity contribution >= 4 is 17.7 Å². The zero-order chi connectivity index (χ0) is 15.7. The van der Waals surface area contributed by atoms with Gasteiger partial charge in [-0.25, -0.2) is 0 Å². The summed E-state index contributed by atoms with van der Waals surface area (Å²) in [7, 11) is 1.53. The SMILES string of the molecule is CCCNC(=O)CN(C)C(=O)CNC(=O)c1ccccc1. The number of nitrogens with one attached hydrogen (secondary N) is 2. The fourth-order valence-corrected chi connectivity index (χ4v) is 1.61. The Morgan fingerprint density at radius 1 is 1.10 bits per heavy atom. The molecule has 0 saturated carbocycles. The van der Waals surface area contributed by atoms with Crippen molar-refractivity contribution in [2.24, 2.45) is 0 Å². The topological polar surface area (TPSA) is 78.5 Å². The van der Waals surface area contributed by atoms with Gasteiger partial charge >= 0.3 is 0 Å². The molecule has 0 fully saturated rings. The Kier molecular flexibility index (Phi) is 6.94. The predicted molar refractivity (Wildman–Crippen MR) is 79.7 cm³/mol. The molecule has 0 aromatic heterocycles. The van der Waals surface area contributed by atoms with E-state index in [1.807, 2.05) is 13.0 Å². The first kappa shape index (κ1) is 16.7. The predicted octanol–water partition coefficient (Wildman–Crippen LogP) is 0.401. The zero-order valence-electron chi connectivity index (χ0n) is 12.4. The molecule has 0 unspecified atom stereocenters. The van der Waals surface area contributed by atoms with Crippen molar-refractivity contribution in [3.63, 3.8) is 0 Å². The molecule has 0 aliphatic rings. The zero-order valence-corrected chi connectivity index (χ0v) is 12.4. The second-order valence-electron chi connectivity index (χ2n) is 4.65. The van der Waals surface area contributed by atoms with Crippen LogP contribution in [0.2, 0.25) is 0 Å². The number of carbonyl (C=O) groups is 3. The fourth-order valence-electron chi connectivity index (χ4n) is 1.61. The van der Waals surface area contributed by atoms with Crippen LogP contribution in [0.15, 0.2) is 30.3 Å². The van der Waals surface area contributed by atoms with Gasteiger partial charge in [0, 0.05) is 19.2 Å². The van der Waals surface area contributed by atoms with Gasteiger partial charge in [0.2, 0.25) is 11.8 Å². The summed E-state index contributed by atoms with van der Waals surface area (Å²) in [6.45, 7) is 2.39. The van der Waals surface area contributed by atoms with Crippen LogP contribution in [-0.2, 0) is 9.59 Å². The smallest absolute Gasteiger partial charge is 0.251 e. The molecule has 1 aromatic carbocycles. The van der Waals surface area contributed by atoms with Crippen molar-refractivity contribution in [1.82, 2.24) is 15.5 Å². The highest BCUT2D eigenvalue weighted by atomic mass is 16.2. The molecule has 3 amide bonds. The van der Waals surface area contributed by atoms with Gasteiger partial charge in [-0.15, -0.1) is 0 Å². The van der Waals surface area contributed by atoms with Crippen molar-refractivity contribution in [2.75, 3.05) is 26.7 Å². The fraction of sp³-hybridized carbons (Fsp3) is 0.400. The van der Waals surface area contributed by atoms with E-state index >= 15 is 0 Å². The van der Waals surface area contributed by atoms with Crippen LogP contribution in [0.3, 0.4) is 0 Å². The summed E-state index contributed by atoms with van der Waals surface area (Å²) in [5.74, 6) is -0.833. The van der Waals surface area contributed by atoms with Crippen LogP contribution >= 0.6 is 0 Å². The van der Waals surface area contributed by atoms with E-state index in [2.05, 4.69) is 10.6 Å². The molecule has 21 heavy (non-hydrogen) atoms. The summed E-state index contributed by atoms with van der Waals surface area (Å²) in [5, 5.41) is 5.22. The third-order valence-corrected chi connectivity index (χ3v) is 2.81. The first-order chi connectivity index (χ1) is 10.0. The van der Waals surface area contributed by atoms with Crippen molar-refractivity contribution < 1.29 is 14.4 Å².